The van der Waals surface area contributed by atoms with Crippen LogP contribution in [0.5, 0.6) is 11.5 Å². The third kappa shape index (κ3) is 4.83. The molecule has 1 amide bonds. The molecule has 0 radical (unpaired) electrons. The number of carboxylic acids is 1. The lowest BCUT2D eigenvalue weighted by Gasteiger charge is -2.17. The number of aliphatic carboxylic acids is 1. The van der Waals surface area contributed by atoms with E-state index >= 15 is 0 Å². The Kier molecular flexibility index (Phi) is 6.59. The molecule has 10 nitrogen and oxygen atoms in total. The van der Waals surface area contributed by atoms with Crippen LogP contribution in [0, 0.1) is 6.92 Å². The molecule has 3 aromatic rings. The molecule has 5 rings (SSSR count). The zero-order valence-corrected chi connectivity index (χ0v) is 21.2. The summed E-state index contributed by atoms with van der Waals surface area (Å²) in [6.07, 6.45) is 1.44. The highest BCUT2D eigenvalue weighted by Gasteiger charge is 2.51. The molecule has 1 saturated carbocycles. The van der Waals surface area contributed by atoms with E-state index in [0.29, 0.717) is 22.7 Å². The van der Waals surface area contributed by atoms with Gasteiger partial charge in [0.25, 0.3) is 0 Å². The van der Waals surface area contributed by atoms with E-state index < -0.39 is 34.1 Å². The van der Waals surface area contributed by atoms with E-state index in [9.17, 15) is 18.0 Å². The first-order chi connectivity index (χ1) is 18.1. The lowest BCUT2D eigenvalue weighted by molar-refractivity contribution is -0.139. The van der Waals surface area contributed by atoms with E-state index in [2.05, 4.69) is 5.32 Å². The summed E-state index contributed by atoms with van der Waals surface area (Å²) in [5.74, 6) is -0.295. The molecule has 0 unspecified atom stereocenters. The standard InChI is InChI=1S/C27H26N2O8S.2H2/c1-16-2-6-19(28-26(33)27(10-11-27)18-5-9-23-24(12-18)37-15-36-23)13-21(16)17-3-7-20(8-4-17)38(34,35)29-22(14-30)25(31)32;;/h2-9,12-13,22,29-30H,10-11,14-15H2,1H3,(H,28,33)(H,31,32);2*1H/t22-;;/m1../s1. The molecule has 11 heteroatoms. The van der Waals surface area contributed by atoms with E-state index in [1.54, 1.807) is 12.1 Å². The van der Waals surface area contributed by atoms with Crippen molar-refractivity contribution < 1.29 is 40.5 Å². The monoisotopic (exact) mass is 542 g/mol. The van der Waals surface area contributed by atoms with Crippen molar-refractivity contribution in [1.29, 1.82) is 0 Å². The van der Waals surface area contributed by atoms with Gasteiger partial charge < -0.3 is 25.0 Å². The minimum atomic E-state index is -4.15. The van der Waals surface area contributed by atoms with Gasteiger partial charge in [-0.25, -0.2) is 8.42 Å². The number of aliphatic hydroxyl groups excluding tert-OH is 1. The molecule has 2 aliphatic rings. The van der Waals surface area contributed by atoms with Gasteiger partial charge >= 0.3 is 5.97 Å². The van der Waals surface area contributed by atoms with Crippen molar-refractivity contribution in [2.75, 3.05) is 18.7 Å². The second-order valence-electron chi connectivity index (χ2n) is 9.35. The van der Waals surface area contributed by atoms with E-state index in [1.807, 2.05) is 48.0 Å². The fraction of sp³-hybridized carbons (Fsp3) is 0.259. The molecule has 1 heterocycles. The number of ether oxygens (including phenoxy) is 2. The van der Waals surface area contributed by atoms with Crippen molar-refractivity contribution in [2.24, 2.45) is 0 Å². The van der Waals surface area contributed by atoms with Gasteiger partial charge in [0.15, 0.2) is 11.5 Å². The number of fused-ring (bicyclic) bond motifs is 1. The second-order valence-corrected chi connectivity index (χ2v) is 11.1. The molecular weight excluding hydrogens is 512 g/mol. The van der Waals surface area contributed by atoms with Crippen molar-refractivity contribution >= 4 is 27.6 Å². The normalized spacial score (nSPS) is 16.1. The minimum absolute atomic E-state index is 0. The average molecular weight is 543 g/mol. The van der Waals surface area contributed by atoms with Gasteiger partial charge in [-0.05, 0) is 78.4 Å². The number of nitrogens with one attached hydrogen (secondary N) is 2. The molecule has 38 heavy (non-hydrogen) atoms. The maximum Gasteiger partial charge on any atom is 0.324 e. The predicted octanol–water partition coefficient (Wildman–Crippen LogP) is 3.28. The number of amides is 1. The number of rotatable bonds is 9. The molecule has 0 spiro atoms. The fourth-order valence-electron chi connectivity index (χ4n) is 4.46. The van der Waals surface area contributed by atoms with Gasteiger partial charge in [0.2, 0.25) is 22.7 Å². The van der Waals surface area contributed by atoms with Crippen molar-refractivity contribution in [2.45, 2.75) is 36.1 Å². The summed E-state index contributed by atoms with van der Waals surface area (Å²) in [6, 6.07) is 15.4. The van der Waals surface area contributed by atoms with Crippen LogP contribution in [0.1, 0.15) is 26.8 Å². The van der Waals surface area contributed by atoms with Gasteiger partial charge in [0, 0.05) is 8.54 Å². The highest BCUT2D eigenvalue weighted by atomic mass is 32.2. The number of aliphatic hydroxyl groups is 1. The summed E-state index contributed by atoms with van der Waals surface area (Å²) in [7, 11) is -4.15. The molecule has 202 valence electrons. The molecule has 0 saturated heterocycles. The van der Waals surface area contributed by atoms with Crippen LogP contribution in [0.3, 0.4) is 0 Å². The Labute approximate surface area is 222 Å². The van der Waals surface area contributed by atoms with Crippen LogP contribution in [0.4, 0.5) is 5.69 Å². The highest BCUT2D eigenvalue weighted by molar-refractivity contribution is 7.89. The Morgan fingerprint density at radius 1 is 1.03 bits per heavy atom. The second kappa shape index (κ2) is 9.75. The van der Waals surface area contributed by atoms with Gasteiger partial charge in [-0.2, -0.15) is 4.72 Å². The number of benzene rings is 3. The van der Waals surface area contributed by atoms with E-state index in [0.717, 1.165) is 29.5 Å². The third-order valence-electron chi connectivity index (χ3n) is 6.86. The van der Waals surface area contributed by atoms with Gasteiger partial charge in [-0.15, -0.1) is 0 Å². The SMILES string of the molecule is Cc1ccc(NC(=O)C2(c3ccc4c(c3)OCO4)CC2)cc1-c1ccc(S(=O)(=O)N[C@H](CO)C(=O)O)cc1.[HH].[HH]. The van der Waals surface area contributed by atoms with Crippen molar-refractivity contribution in [3.05, 3.63) is 71.8 Å². The Hall–Kier alpha value is -3.93. The van der Waals surface area contributed by atoms with Crippen LogP contribution in [-0.2, 0) is 25.0 Å². The van der Waals surface area contributed by atoms with Gasteiger partial charge in [0.05, 0.1) is 16.9 Å². The molecule has 1 atom stereocenters. The van der Waals surface area contributed by atoms with Crippen LogP contribution in [-0.4, -0.2) is 49.9 Å². The summed E-state index contributed by atoms with van der Waals surface area (Å²) in [5, 5.41) is 21.2. The minimum Gasteiger partial charge on any atom is -0.480 e. The van der Waals surface area contributed by atoms with Crippen LogP contribution >= 0.6 is 0 Å². The number of carbonyl (C=O) groups is 2. The Morgan fingerprint density at radius 3 is 2.39 bits per heavy atom. The maximum atomic E-state index is 13.3. The van der Waals surface area contributed by atoms with Crippen molar-refractivity contribution in [3.8, 4) is 22.6 Å². The molecule has 4 N–H and O–H groups in total. The number of sulfonamides is 1. The van der Waals surface area contributed by atoms with E-state index in [-0.39, 0.29) is 20.4 Å². The Bertz CT molecular complexity index is 1530. The molecule has 0 aromatic heterocycles. The quantitative estimate of drug-likeness (QED) is 0.322. The number of carbonyl (C=O) groups excluding carboxylic acids is 1. The molecule has 1 aliphatic carbocycles. The summed E-state index contributed by atoms with van der Waals surface area (Å²) in [6.45, 7) is 1.19. The highest BCUT2D eigenvalue weighted by Crippen LogP contribution is 2.51. The predicted molar refractivity (Wildman–Crippen MR) is 142 cm³/mol. The molecular formula is C27H30N2O8S. The number of hydrogen-bond donors (Lipinski definition) is 4. The fourth-order valence-corrected chi connectivity index (χ4v) is 5.64. The van der Waals surface area contributed by atoms with E-state index in [1.165, 1.54) is 12.1 Å². The van der Waals surface area contributed by atoms with Crippen molar-refractivity contribution in [3.63, 3.8) is 0 Å². The summed E-state index contributed by atoms with van der Waals surface area (Å²) < 4.78 is 37.9. The van der Waals surface area contributed by atoms with Crippen LogP contribution < -0.4 is 19.5 Å². The first kappa shape index (κ1) is 25.7. The zero-order chi connectivity index (χ0) is 27.1. The molecule has 0 bridgehead atoms. The molecule has 3 aromatic carbocycles. The summed E-state index contributed by atoms with van der Waals surface area (Å²) in [5.41, 5.74) is 3.28. The lowest BCUT2D eigenvalue weighted by atomic mass is 9.94. The third-order valence-corrected chi connectivity index (χ3v) is 8.35. The number of hydrogen-bond acceptors (Lipinski definition) is 7. The largest absolute Gasteiger partial charge is 0.480 e. The van der Waals surface area contributed by atoms with Gasteiger partial charge in [0.1, 0.15) is 6.04 Å². The van der Waals surface area contributed by atoms with Crippen LogP contribution in [0.25, 0.3) is 11.1 Å². The van der Waals surface area contributed by atoms with E-state index in [4.69, 9.17) is 19.7 Å². The summed E-state index contributed by atoms with van der Waals surface area (Å²) >= 11 is 0. The summed E-state index contributed by atoms with van der Waals surface area (Å²) in [4.78, 5) is 24.3. The van der Waals surface area contributed by atoms with Gasteiger partial charge in [-0.3, -0.25) is 9.59 Å². The van der Waals surface area contributed by atoms with Crippen LogP contribution in [0.15, 0.2) is 65.6 Å². The number of aryl methyl sites for hydroxylation is 1. The van der Waals surface area contributed by atoms with Crippen molar-refractivity contribution in [1.82, 2.24) is 4.72 Å². The maximum absolute atomic E-state index is 13.3. The smallest absolute Gasteiger partial charge is 0.324 e. The van der Waals surface area contributed by atoms with Crippen LogP contribution in [0.2, 0.25) is 0 Å². The first-order valence-corrected chi connectivity index (χ1v) is 13.4. The molecule has 1 aliphatic heterocycles. The van der Waals surface area contributed by atoms with Gasteiger partial charge in [-0.1, -0.05) is 24.3 Å². The zero-order valence-electron chi connectivity index (χ0n) is 20.4. The lowest BCUT2D eigenvalue weighted by Crippen LogP contribution is -2.43. The Morgan fingerprint density at radius 2 is 1.74 bits per heavy atom. The first-order valence-electron chi connectivity index (χ1n) is 11.9. The number of carboxylic acid groups (broad SMARTS) is 1. The Balaban J connectivity index is 0.00000220. The average Bonchev–Trinajstić information content (AvgIpc) is 3.59. The topological polar surface area (TPSA) is 151 Å². The molecule has 1 fully saturated rings. The number of anilines is 1.